The number of fused-ring (bicyclic) bond motifs is 1. The van der Waals surface area contributed by atoms with Crippen molar-refractivity contribution in [1.82, 2.24) is 0 Å². The topological polar surface area (TPSA) is 110 Å². The second-order valence-corrected chi connectivity index (χ2v) is 5.57. The third kappa shape index (κ3) is 2.35. The lowest BCUT2D eigenvalue weighted by Crippen LogP contribution is -2.18. The molecule has 0 saturated heterocycles. The predicted octanol–water partition coefficient (Wildman–Crippen LogP) is 2.28. The Kier molecular flexibility index (Phi) is 3.12. The summed E-state index contributed by atoms with van der Waals surface area (Å²) in [6.07, 6.45) is 3.25. The lowest BCUT2D eigenvalue weighted by molar-refractivity contribution is -0.384. The third-order valence-electron chi connectivity index (χ3n) is 4.41. The molecule has 1 amide bonds. The number of carbonyl (C=O) groups is 2. The highest BCUT2D eigenvalue weighted by molar-refractivity contribution is 6.02. The summed E-state index contributed by atoms with van der Waals surface area (Å²) in [6.45, 7) is 0. The van der Waals surface area contributed by atoms with Crippen LogP contribution in [-0.2, 0) is 4.79 Å². The first-order chi connectivity index (χ1) is 9.99. The van der Waals surface area contributed by atoms with Gasteiger partial charge in [-0.1, -0.05) is 6.42 Å². The molecule has 2 N–H and O–H groups in total. The van der Waals surface area contributed by atoms with Crippen LogP contribution in [0.25, 0.3) is 0 Å². The molecule has 2 unspecified atom stereocenters. The number of rotatable bonds is 4. The Hall–Kier alpha value is -2.44. The number of nitrogens with one attached hydrogen (secondary N) is 1. The number of hydrogen-bond donors (Lipinski definition) is 2. The van der Waals surface area contributed by atoms with Crippen molar-refractivity contribution < 1.29 is 19.6 Å². The summed E-state index contributed by atoms with van der Waals surface area (Å²) >= 11 is 0. The van der Waals surface area contributed by atoms with E-state index in [1.165, 1.54) is 12.1 Å². The molecular formula is C14H14N2O5. The first-order valence-corrected chi connectivity index (χ1v) is 6.81. The van der Waals surface area contributed by atoms with Gasteiger partial charge in [0.1, 0.15) is 0 Å². The fourth-order valence-corrected chi connectivity index (χ4v) is 3.36. The first kappa shape index (κ1) is 13.5. The van der Waals surface area contributed by atoms with Gasteiger partial charge in [-0.25, -0.2) is 4.79 Å². The van der Waals surface area contributed by atoms with Crippen LogP contribution >= 0.6 is 0 Å². The van der Waals surface area contributed by atoms with Crippen LogP contribution < -0.4 is 5.32 Å². The van der Waals surface area contributed by atoms with Crippen LogP contribution in [0, 0.1) is 27.9 Å². The minimum atomic E-state index is -1.30. The van der Waals surface area contributed by atoms with E-state index in [9.17, 15) is 19.7 Å². The Morgan fingerprint density at radius 2 is 1.95 bits per heavy atom. The molecule has 0 aromatic heterocycles. The summed E-state index contributed by atoms with van der Waals surface area (Å²) in [5, 5.41) is 22.4. The number of nitro benzene ring substituents is 1. The maximum Gasteiger partial charge on any atom is 0.338 e. The number of non-ortho nitro benzene ring substituents is 1. The quantitative estimate of drug-likeness (QED) is 0.653. The van der Waals surface area contributed by atoms with Gasteiger partial charge in [0, 0.05) is 18.1 Å². The number of hydrogen-bond acceptors (Lipinski definition) is 4. The molecule has 110 valence electrons. The molecule has 3 rings (SSSR count). The van der Waals surface area contributed by atoms with Gasteiger partial charge >= 0.3 is 5.97 Å². The molecule has 1 aromatic rings. The molecule has 2 aliphatic rings. The largest absolute Gasteiger partial charge is 0.478 e. The van der Waals surface area contributed by atoms with E-state index in [2.05, 4.69) is 5.32 Å². The molecule has 21 heavy (non-hydrogen) atoms. The Labute approximate surface area is 120 Å². The molecule has 0 aliphatic heterocycles. The van der Waals surface area contributed by atoms with Crippen LogP contribution in [0.1, 0.15) is 29.6 Å². The van der Waals surface area contributed by atoms with E-state index in [0.717, 1.165) is 25.3 Å². The third-order valence-corrected chi connectivity index (χ3v) is 4.41. The second kappa shape index (κ2) is 4.83. The highest BCUT2D eigenvalue weighted by Gasteiger charge is 2.56. The second-order valence-electron chi connectivity index (χ2n) is 5.57. The molecule has 0 spiro atoms. The average molecular weight is 290 g/mol. The normalized spacial score (nSPS) is 26.0. The fraction of sp³-hybridized carbons (Fsp3) is 0.429. The van der Waals surface area contributed by atoms with Gasteiger partial charge < -0.3 is 10.4 Å². The van der Waals surface area contributed by atoms with Crippen LogP contribution in [0.4, 0.5) is 11.4 Å². The number of nitro groups is 1. The molecule has 2 fully saturated rings. The van der Waals surface area contributed by atoms with E-state index >= 15 is 0 Å². The van der Waals surface area contributed by atoms with Crippen LogP contribution in [0.15, 0.2) is 18.2 Å². The zero-order valence-electron chi connectivity index (χ0n) is 11.1. The SMILES string of the molecule is O=C(O)c1cc([N+](=O)[O-])ccc1NC(=O)C1C2CCCC21. The summed E-state index contributed by atoms with van der Waals surface area (Å²) in [6, 6.07) is 3.43. The Bertz CT molecular complexity index is 632. The molecule has 0 heterocycles. The number of carboxylic acid groups (broad SMARTS) is 1. The maximum atomic E-state index is 12.1. The van der Waals surface area contributed by atoms with E-state index < -0.39 is 10.9 Å². The number of aromatic carboxylic acids is 1. The van der Waals surface area contributed by atoms with E-state index in [1.807, 2.05) is 0 Å². The van der Waals surface area contributed by atoms with Crippen LogP contribution in [0.2, 0.25) is 0 Å². The van der Waals surface area contributed by atoms with Crippen molar-refractivity contribution in [3.8, 4) is 0 Å². The molecule has 0 radical (unpaired) electrons. The van der Waals surface area contributed by atoms with Gasteiger partial charge in [0.2, 0.25) is 5.91 Å². The number of amides is 1. The minimum Gasteiger partial charge on any atom is -0.478 e. The highest BCUT2D eigenvalue weighted by atomic mass is 16.6. The summed E-state index contributed by atoms with van der Waals surface area (Å²) in [7, 11) is 0. The zero-order valence-corrected chi connectivity index (χ0v) is 11.1. The number of carbonyl (C=O) groups excluding carboxylic acids is 1. The minimum absolute atomic E-state index is 0.0319. The van der Waals surface area contributed by atoms with Gasteiger partial charge in [0.05, 0.1) is 16.2 Å². The van der Waals surface area contributed by atoms with Crippen LogP contribution in [0.5, 0.6) is 0 Å². The molecule has 1 aromatic carbocycles. The molecule has 2 aliphatic carbocycles. The van der Waals surface area contributed by atoms with Gasteiger partial charge in [0.25, 0.3) is 5.69 Å². The molecule has 7 nitrogen and oxygen atoms in total. The van der Waals surface area contributed by atoms with Crippen molar-refractivity contribution >= 4 is 23.3 Å². The summed E-state index contributed by atoms with van der Waals surface area (Å²) in [4.78, 5) is 33.4. The average Bonchev–Trinajstić information content (AvgIpc) is 2.92. The number of nitrogens with zero attached hydrogens (tertiary/aromatic N) is 1. The van der Waals surface area contributed by atoms with Gasteiger partial charge in [-0.3, -0.25) is 14.9 Å². The van der Waals surface area contributed by atoms with Crippen LogP contribution in [-0.4, -0.2) is 21.9 Å². The van der Waals surface area contributed by atoms with Crippen molar-refractivity contribution in [1.29, 1.82) is 0 Å². The lowest BCUT2D eigenvalue weighted by Gasteiger charge is -2.09. The van der Waals surface area contributed by atoms with Crippen molar-refractivity contribution in [3.05, 3.63) is 33.9 Å². The molecule has 0 bridgehead atoms. The zero-order chi connectivity index (χ0) is 15.1. The van der Waals surface area contributed by atoms with E-state index in [4.69, 9.17) is 5.11 Å². The monoisotopic (exact) mass is 290 g/mol. The Morgan fingerprint density at radius 1 is 1.29 bits per heavy atom. The first-order valence-electron chi connectivity index (χ1n) is 6.81. The van der Waals surface area contributed by atoms with Crippen molar-refractivity contribution in [3.63, 3.8) is 0 Å². The van der Waals surface area contributed by atoms with Crippen molar-refractivity contribution in [2.24, 2.45) is 17.8 Å². The smallest absolute Gasteiger partial charge is 0.338 e. The number of anilines is 1. The van der Waals surface area contributed by atoms with Gasteiger partial charge in [0.15, 0.2) is 0 Å². The van der Waals surface area contributed by atoms with E-state index in [-0.39, 0.29) is 28.8 Å². The summed E-state index contributed by atoms with van der Waals surface area (Å²) in [5.74, 6) is -0.658. The standard InChI is InChI=1S/C14H14N2O5/c17-13(12-8-2-1-3-9(8)12)15-11-5-4-7(16(20)21)6-10(11)14(18)19/h4-6,8-9,12H,1-3H2,(H,15,17)(H,18,19). The molecule has 2 atom stereocenters. The fourth-order valence-electron chi connectivity index (χ4n) is 3.36. The Morgan fingerprint density at radius 3 is 2.52 bits per heavy atom. The number of carboxylic acids is 1. The maximum absolute atomic E-state index is 12.1. The van der Waals surface area contributed by atoms with Gasteiger partial charge in [-0.05, 0) is 30.7 Å². The lowest BCUT2D eigenvalue weighted by atomic mass is 10.1. The van der Waals surface area contributed by atoms with Crippen LogP contribution in [0.3, 0.4) is 0 Å². The Balaban J connectivity index is 1.80. The van der Waals surface area contributed by atoms with Crippen molar-refractivity contribution in [2.75, 3.05) is 5.32 Å². The van der Waals surface area contributed by atoms with Gasteiger partial charge in [-0.15, -0.1) is 0 Å². The molecule has 7 heteroatoms. The molecular weight excluding hydrogens is 276 g/mol. The van der Waals surface area contributed by atoms with Crippen molar-refractivity contribution in [2.45, 2.75) is 19.3 Å². The number of benzene rings is 1. The van der Waals surface area contributed by atoms with E-state index in [0.29, 0.717) is 11.8 Å². The van der Waals surface area contributed by atoms with E-state index in [1.54, 1.807) is 0 Å². The molecule has 2 saturated carbocycles. The summed E-state index contributed by atoms with van der Waals surface area (Å²) < 4.78 is 0. The van der Waals surface area contributed by atoms with Gasteiger partial charge in [-0.2, -0.15) is 0 Å². The predicted molar refractivity (Wildman–Crippen MR) is 73.0 cm³/mol. The summed E-state index contributed by atoms with van der Waals surface area (Å²) in [5.41, 5.74) is -0.458. The highest BCUT2D eigenvalue weighted by Crippen LogP contribution is 2.57.